The number of rotatable bonds is 0. The summed E-state index contributed by atoms with van der Waals surface area (Å²) in [6.45, 7) is 0. The Morgan fingerprint density at radius 1 is 1.12 bits per heavy atom. The molecule has 0 N–H and O–H groups in total. The molecule has 0 aromatic heterocycles. The van der Waals surface area contributed by atoms with E-state index in [0.717, 1.165) is 0 Å². The predicted molar refractivity (Wildman–Crippen MR) is 22.7 cm³/mol. The summed E-state index contributed by atoms with van der Waals surface area (Å²) in [6.07, 6.45) is 0. The van der Waals surface area contributed by atoms with Crippen LogP contribution < -0.4 is 0 Å². The molecular weight excluding hydrogens is 457 g/mol. The van der Waals surface area contributed by atoms with E-state index in [1.165, 1.54) is 0 Å². The topological polar surface area (TPSA) is 97.3 Å². The van der Waals surface area contributed by atoms with Crippen LogP contribution in [-0.2, 0) is 13.1 Å². The van der Waals surface area contributed by atoms with Gasteiger partial charge in [-0.1, -0.05) is 0 Å². The van der Waals surface area contributed by atoms with E-state index in [1.54, 1.807) is 0 Å². The molecule has 0 spiro atoms. The molecule has 2 radical (unpaired) electrons. The first-order chi connectivity index (χ1) is 3.00. The predicted octanol–water partition coefficient (Wildman–Crippen LogP) is -2.22. The maximum atomic E-state index is 8.52. The van der Waals surface area contributed by atoms with Crippen LogP contribution in [0.4, 0.5) is 0 Å². The molecule has 0 saturated carbocycles. The average Bonchev–Trinajstić information content (AvgIpc) is 1.36. The van der Waals surface area contributed by atoms with Gasteiger partial charge in [-0.25, -0.2) is 0 Å². The van der Waals surface area contributed by atoms with Crippen molar-refractivity contribution in [3.63, 3.8) is 0 Å². The fourth-order valence-electron chi connectivity index (χ4n) is 0. The van der Waals surface area contributed by atoms with Gasteiger partial charge in [0.05, 0.1) is 0 Å². The van der Waals surface area contributed by atoms with Crippen LogP contribution >= 0.6 is 0 Å². The molecule has 8 heteroatoms. The van der Waals surface area contributed by atoms with Gasteiger partial charge in [0.15, 0.2) is 0 Å². The minimum atomic E-state index is -5.17. The molecule has 0 aliphatic heterocycles. The zero-order valence-corrected chi connectivity index (χ0v) is 12.8. The Balaban J connectivity index is -0.0000000750. The maximum absolute atomic E-state index is 8.52. The summed E-state index contributed by atoms with van der Waals surface area (Å²) in [4.78, 5) is 0. The van der Waals surface area contributed by atoms with Gasteiger partial charge in [0.1, 0.15) is 0 Å². The van der Waals surface area contributed by atoms with Crippen LogP contribution in [0.2, 0.25) is 0 Å². The second-order valence-corrected chi connectivity index (χ2v) is 1.22. The molecular formula is BaO5PbS. The summed E-state index contributed by atoms with van der Waals surface area (Å²) in [7, 11) is -5.17. The van der Waals surface area contributed by atoms with Gasteiger partial charge in [0.2, 0.25) is 0 Å². The Kier molecular flexibility index (Phi) is 19.0. The van der Waals surface area contributed by atoms with Crippen LogP contribution in [0.15, 0.2) is 0 Å². The van der Waals surface area contributed by atoms with Crippen LogP contribution in [0, 0.1) is 0 Å². The molecule has 42 valence electrons. The Hall–Kier alpha value is 2.16. The SMILES string of the molecule is O=S(=O)([O-])[O-].[Ba+2].[O]=[Pb]. The third-order valence-electron chi connectivity index (χ3n) is 0. The quantitative estimate of drug-likeness (QED) is 0.234. The molecule has 0 aliphatic carbocycles. The third-order valence-corrected chi connectivity index (χ3v) is 0. The van der Waals surface area contributed by atoms with E-state index >= 15 is 0 Å². The van der Waals surface area contributed by atoms with Gasteiger partial charge in [-0.3, -0.25) is 8.42 Å². The van der Waals surface area contributed by atoms with Crippen LogP contribution in [0.5, 0.6) is 0 Å². The molecule has 0 unspecified atom stereocenters. The zero-order valence-electron chi connectivity index (χ0n) is 3.66. The number of hydrogen-bond acceptors (Lipinski definition) is 5. The Labute approximate surface area is 103 Å². The molecule has 0 amide bonds. The molecule has 0 aromatic carbocycles. The Bertz CT molecular complexity index is 106. The summed E-state index contributed by atoms with van der Waals surface area (Å²) in [5, 5.41) is 0. The van der Waals surface area contributed by atoms with Crippen molar-refractivity contribution in [2.75, 3.05) is 0 Å². The van der Waals surface area contributed by atoms with Crippen molar-refractivity contribution < 1.29 is 20.2 Å². The van der Waals surface area contributed by atoms with Crippen LogP contribution in [0.3, 0.4) is 0 Å². The van der Waals surface area contributed by atoms with Crippen molar-refractivity contribution in [2.45, 2.75) is 0 Å². The molecule has 0 heterocycles. The molecule has 0 atom stereocenters. The molecule has 8 heavy (non-hydrogen) atoms. The van der Waals surface area contributed by atoms with Gasteiger partial charge in [-0.05, 0) is 0 Å². The minimum absolute atomic E-state index is 0. The second kappa shape index (κ2) is 9.16. The fourth-order valence-corrected chi connectivity index (χ4v) is 0. The summed E-state index contributed by atoms with van der Waals surface area (Å²) in [5.41, 5.74) is 0. The Morgan fingerprint density at radius 2 is 1.12 bits per heavy atom. The first-order valence-electron chi connectivity index (χ1n) is 0.871. The second-order valence-electron chi connectivity index (χ2n) is 0.408. The van der Waals surface area contributed by atoms with E-state index in [4.69, 9.17) is 20.2 Å². The zero-order chi connectivity index (χ0) is 6.50. The van der Waals surface area contributed by atoms with E-state index in [9.17, 15) is 0 Å². The van der Waals surface area contributed by atoms with Gasteiger partial charge in [0.25, 0.3) is 0 Å². The molecule has 0 aromatic rings. The summed E-state index contributed by atoms with van der Waals surface area (Å²) in [5.74, 6) is 0. The van der Waals surface area contributed by atoms with Gasteiger partial charge < -0.3 is 9.11 Å². The summed E-state index contributed by atoms with van der Waals surface area (Å²) in [6, 6.07) is 0. The van der Waals surface area contributed by atoms with E-state index in [0.29, 0.717) is 0 Å². The van der Waals surface area contributed by atoms with E-state index < -0.39 is 10.4 Å². The first kappa shape index (κ1) is 16.6. The standard InChI is InChI=1S/Ba.H2O4S.O.Pb/c;1-5(2,3)4;;/h;(H2,1,2,3,4);;/q+2;;;/p-2. The van der Waals surface area contributed by atoms with Gasteiger partial charge in [-0.2, -0.15) is 0 Å². The molecule has 0 bridgehead atoms. The van der Waals surface area contributed by atoms with Gasteiger partial charge in [0, 0.05) is 10.4 Å². The molecule has 0 fully saturated rings. The summed E-state index contributed by atoms with van der Waals surface area (Å²) < 4.78 is 42.5. The van der Waals surface area contributed by atoms with Crippen molar-refractivity contribution in [1.29, 1.82) is 0 Å². The average molecular weight is 457 g/mol. The molecule has 0 aliphatic rings. The van der Waals surface area contributed by atoms with E-state index in [-0.39, 0.29) is 74.7 Å². The molecule has 0 rings (SSSR count). The fraction of sp³-hybridized carbons (Fsp3) is 0. The van der Waals surface area contributed by atoms with Gasteiger partial charge >= 0.3 is 77.3 Å². The summed E-state index contributed by atoms with van der Waals surface area (Å²) >= 11 is 0.0556. The van der Waals surface area contributed by atoms with E-state index in [2.05, 4.69) is 0 Å². The number of hydrogen-bond donors (Lipinski definition) is 0. The Morgan fingerprint density at radius 3 is 1.12 bits per heavy atom. The molecule has 5 nitrogen and oxygen atoms in total. The van der Waals surface area contributed by atoms with Crippen LogP contribution in [-0.4, -0.2) is 92.2 Å². The third kappa shape index (κ3) is 89.5. The normalized spacial score (nSPS) is 7.75. The van der Waals surface area contributed by atoms with E-state index in [1.807, 2.05) is 0 Å². The van der Waals surface area contributed by atoms with Crippen molar-refractivity contribution in [3.05, 3.63) is 0 Å². The molecule has 0 saturated heterocycles. The first-order valence-corrected chi connectivity index (χ1v) is 3.79. The van der Waals surface area contributed by atoms with Crippen molar-refractivity contribution >= 4 is 85.1 Å². The van der Waals surface area contributed by atoms with Crippen LogP contribution in [0.1, 0.15) is 0 Å². The van der Waals surface area contributed by atoms with Crippen molar-refractivity contribution in [3.8, 4) is 0 Å². The van der Waals surface area contributed by atoms with Crippen molar-refractivity contribution in [2.24, 2.45) is 0 Å². The van der Waals surface area contributed by atoms with Crippen LogP contribution in [0.25, 0.3) is 0 Å². The van der Waals surface area contributed by atoms with Gasteiger partial charge in [-0.15, -0.1) is 0 Å². The monoisotopic (exact) mass is 458 g/mol. The van der Waals surface area contributed by atoms with Crippen molar-refractivity contribution in [1.82, 2.24) is 0 Å².